The number of rotatable bonds is 3. The van der Waals surface area contributed by atoms with Crippen LogP contribution >= 0.6 is 0 Å². The average Bonchev–Trinajstić information content (AvgIpc) is 2.75. The predicted molar refractivity (Wildman–Crippen MR) is 138 cm³/mol. The summed E-state index contributed by atoms with van der Waals surface area (Å²) in [6, 6.07) is 5.94. The molecule has 3 rings (SSSR count). The van der Waals surface area contributed by atoms with E-state index in [-0.39, 0.29) is 5.75 Å². The Morgan fingerprint density at radius 2 is 1.91 bits per heavy atom. The molecule has 1 aromatic carbocycles. The van der Waals surface area contributed by atoms with Crippen LogP contribution in [0.1, 0.15) is 67.2 Å². The van der Waals surface area contributed by atoms with Crippen LogP contribution in [0.25, 0.3) is 11.0 Å². The molecule has 0 saturated heterocycles. The highest BCUT2D eigenvalue weighted by atomic mass is 16.5. The quantitative estimate of drug-likeness (QED) is 0.382. The molecule has 0 unspecified atom stereocenters. The molecule has 0 fully saturated rings. The van der Waals surface area contributed by atoms with Gasteiger partial charge in [0.2, 0.25) is 0 Å². The Morgan fingerprint density at radius 1 is 1.15 bits per heavy atom. The van der Waals surface area contributed by atoms with Crippen molar-refractivity contribution in [2.24, 2.45) is 5.41 Å². The van der Waals surface area contributed by atoms with Gasteiger partial charge in [-0.3, -0.25) is 0 Å². The molecule has 178 valence electrons. The Labute approximate surface area is 198 Å². The summed E-state index contributed by atoms with van der Waals surface area (Å²) in [5, 5.41) is 10.4. The third-order valence-electron chi connectivity index (χ3n) is 5.45. The zero-order chi connectivity index (χ0) is 24.4. The van der Waals surface area contributed by atoms with Crippen molar-refractivity contribution in [1.29, 1.82) is 0 Å². The molecule has 0 aliphatic heterocycles. The first-order valence-electron chi connectivity index (χ1n) is 11.6. The van der Waals surface area contributed by atoms with Crippen LogP contribution in [0.5, 0.6) is 11.5 Å². The first-order chi connectivity index (χ1) is 15.6. The maximum absolute atomic E-state index is 11.1. The third-order valence-corrected chi connectivity index (χ3v) is 5.45. The molecule has 4 heteroatoms. The van der Waals surface area contributed by atoms with E-state index in [4.69, 9.17) is 9.15 Å². The summed E-state index contributed by atoms with van der Waals surface area (Å²) in [5.41, 5.74) is 4.43. The van der Waals surface area contributed by atoms with E-state index in [2.05, 4.69) is 52.0 Å². The molecule has 0 amide bonds. The van der Waals surface area contributed by atoms with Crippen LogP contribution in [0.2, 0.25) is 0 Å². The zero-order valence-corrected chi connectivity index (χ0v) is 20.9. The highest BCUT2D eigenvalue weighted by Gasteiger charge is 2.12. The minimum absolute atomic E-state index is 0.0264. The summed E-state index contributed by atoms with van der Waals surface area (Å²) in [6.45, 7) is 13.4. The predicted octanol–water partition coefficient (Wildman–Crippen LogP) is 7.88. The number of phenols is 1. The van der Waals surface area contributed by atoms with Gasteiger partial charge in [-0.25, -0.2) is 4.79 Å². The molecule has 33 heavy (non-hydrogen) atoms. The van der Waals surface area contributed by atoms with Crippen molar-refractivity contribution < 1.29 is 14.3 Å². The van der Waals surface area contributed by atoms with Crippen LogP contribution in [0, 0.1) is 5.41 Å². The molecule has 1 aromatic heterocycles. The van der Waals surface area contributed by atoms with E-state index < -0.39 is 5.63 Å². The Hall–Kier alpha value is -3.01. The third kappa shape index (κ3) is 9.56. The molecule has 0 bridgehead atoms. The molecule has 1 aliphatic carbocycles. The summed E-state index contributed by atoms with van der Waals surface area (Å²) in [5.74, 6) is 0.327. The van der Waals surface area contributed by atoms with Gasteiger partial charge in [0.1, 0.15) is 12.2 Å². The molecular weight excluding hydrogens is 412 g/mol. The van der Waals surface area contributed by atoms with E-state index in [0.29, 0.717) is 28.7 Å². The van der Waals surface area contributed by atoms with Crippen molar-refractivity contribution >= 4 is 11.0 Å². The van der Waals surface area contributed by atoms with Gasteiger partial charge in [-0.1, -0.05) is 54.9 Å². The van der Waals surface area contributed by atoms with Crippen LogP contribution in [-0.4, -0.2) is 11.7 Å². The minimum Gasteiger partial charge on any atom is -0.504 e. The molecule has 0 spiro atoms. The van der Waals surface area contributed by atoms with Gasteiger partial charge in [0.15, 0.2) is 11.5 Å². The molecule has 1 N–H and O–H groups in total. The fraction of sp³-hybridized carbons (Fsp3) is 0.414. The number of hydrogen-bond donors (Lipinski definition) is 1. The van der Waals surface area contributed by atoms with Crippen molar-refractivity contribution in [2.75, 3.05) is 6.61 Å². The lowest BCUT2D eigenvalue weighted by molar-refractivity contribution is 0.335. The first-order valence-corrected chi connectivity index (χ1v) is 11.6. The lowest BCUT2D eigenvalue weighted by Crippen LogP contribution is -2.05. The van der Waals surface area contributed by atoms with Gasteiger partial charge < -0.3 is 14.3 Å². The largest absolute Gasteiger partial charge is 0.504 e. The fourth-order valence-corrected chi connectivity index (χ4v) is 3.30. The number of aromatic hydroxyl groups is 1. The van der Waals surface area contributed by atoms with Gasteiger partial charge in [-0.15, -0.1) is 0 Å². The summed E-state index contributed by atoms with van der Waals surface area (Å²) >= 11 is 0. The minimum atomic E-state index is -0.427. The lowest BCUT2D eigenvalue weighted by atomic mass is 9.87. The van der Waals surface area contributed by atoms with Crippen LogP contribution in [-0.2, 0) is 0 Å². The fourth-order valence-electron chi connectivity index (χ4n) is 3.30. The number of fused-ring (bicyclic) bond motifs is 1. The second-order valence-corrected chi connectivity index (χ2v) is 9.64. The van der Waals surface area contributed by atoms with Gasteiger partial charge in [0, 0.05) is 17.5 Å². The normalized spacial score (nSPS) is 15.9. The zero-order valence-electron chi connectivity index (χ0n) is 20.9. The number of ether oxygens (including phenoxy) is 1. The molecule has 0 saturated carbocycles. The second kappa shape index (κ2) is 12.3. The Balaban J connectivity index is 0.000000238. The number of phenolic OH excluding ortho intramolecular Hbond substituents is 1. The number of hydrogen-bond acceptors (Lipinski definition) is 4. The van der Waals surface area contributed by atoms with E-state index in [1.807, 2.05) is 19.9 Å². The van der Waals surface area contributed by atoms with Crippen LogP contribution in [0.4, 0.5) is 0 Å². The number of allylic oxidation sites excluding steroid dienone is 7. The smallest absolute Gasteiger partial charge is 0.336 e. The van der Waals surface area contributed by atoms with E-state index in [0.717, 1.165) is 18.4 Å². The van der Waals surface area contributed by atoms with Crippen molar-refractivity contribution in [3.05, 3.63) is 81.8 Å². The van der Waals surface area contributed by atoms with Gasteiger partial charge in [-0.05, 0) is 77.0 Å². The van der Waals surface area contributed by atoms with Crippen molar-refractivity contribution in [2.45, 2.75) is 67.2 Å². The van der Waals surface area contributed by atoms with E-state index in [9.17, 15) is 9.90 Å². The molecule has 0 radical (unpaired) electrons. The number of benzene rings is 1. The van der Waals surface area contributed by atoms with Crippen LogP contribution < -0.4 is 10.4 Å². The molecule has 1 aliphatic rings. The van der Waals surface area contributed by atoms with Gasteiger partial charge >= 0.3 is 5.63 Å². The molecule has 2 aromatic rings. The second-order valence-electron chi connectivity index (χ2n) is 9.64. The maximum Gasteiger partial charge on any atom is 0.336 e. The van der Waals surface area contributed by atoms with Crippen molar-refractivity contribution in [3.8, 4) is 11.5 Å². The van der Waals surface area contributed by atoms with E-state index >= 15 is 0 Å². The van der Waals surface area contributed by atoms with Gasteiger partial charge in [-0.2, -0.15) is 0 Å². The summed E-state index contributed by atoms with van der Waals surface area (Å²) in [7, 11) is 0. The standard InChI is InChI=1S/C15H24.C14H14O4/c1-13-7-5-8-14(2)10-12-15(3,4)11-6-9-13;1-9(2)5-6-17-13-8-12-10(7-11(13)15)3-4-14(16)18-12/h6-7,10-11H,5,8-9,12H2,1-4H3;3-5,7-8,15H,6H2,1-2H3. The summed E-state index contributed by atoms with van der Waals surface area (Å²) in [6.07, 6.45) is 16.0. The molecule has 0 atom stereocenters. The Bertz CT molecular complexity index is 1110. The molecular formula is C29H38O4. The topological polar surface area (TPSA) is 59.7 Å². The average molecular weight is 451 g/mol. The lowest BCUT2D eigenvalue weighted by Gasteiger charge is -2.18. The van der Waals surface area contributed by atoms with Crippen LogP contribution in [0.15, 0.2) is 80.6 Å². The SMILES string of the molecule is CC(C)=CCOc1cc2oc(=O)ccc2cc1O.CC1=CCCC(C)=CCC(C)(C)C=CC1. The highest BCUT2D eigenvalue weighted by molar-refractivity contribution is 5.80. The Kier molecular flexibility index (Phi) is 9.77. The van der Waals surface area contributed by atoms with Crippen molar-refractivity contribution in [3.63, 3.8) is 0 Å². The van der Waals surface area contributed by atoms with Crippen molar-refractivity contribution in [1.82, 2.24) is 0 Å². The highest BCUT2D eigenvalue weighted by Crippen LogP contribution is 2.31. The Morgan fingerprint density at radius 3 is 2.64 bits per heavy atom. The maximum atomic E-state index is 11.1. The molecule has 1 heterocycles. The van der Waals surface area contributed by atoms with Crippen LogP contribution in [0.3, 0.4) is 0 Å². The summed E-state index contributed by atoms with van der Waals surface area (Å²) < 4.78 is 10.4. The monoisotopic (exact) mass is 450 g/mol. The first kappa shape index (κ1) is 26.2. The van der Waals surface area contributed by atoms with E-state index in [1.54, 1.807) is 6.07 Å². The van der Waals surface area contributed by atoms with Gasteiger partial charge in [0.25, 0.3) is 0 Å². The van der Waals surface area contributed by atoms with Gasteiger partial charge in [0.05, 0.1) is 0 Å². The summed E-state index contributed by atoms with van der Waals surface area (Å²) in [4.78, 5) is 11.1. The molecule has 4 nitrogen and oxygen atoms in total. The van der Waals surface area contributed by atoms with E-state index in [1.165, 1.54) is 42.2 Å².